The van der Waals surface area contributed by atoms with Gasteiger partial charge in [-0.1, -0.05) is 23.7 Å². The Labute approximate surface area is 155 Å². The third kappa shape index (κ3) is 4.83. The predicted molar refractivity (Wildman–Crippen MR) is 96.8 cm³/mol. The molecule has 0 atom stereocenters. The van der Waals surface area contributed by atoms with Crippen LogP contribution in [-0.4, -0.2) is 23.4 Å². The van der Waals surface area contributed by atoms with Crippen molar-refractivity contribution in [2.45, 2.75) is 19.4 Å². The largest absolute Gasteiger partial charge is 0.456 e. The van der Waals surface area contributed by atoms with Gasteiger partial charge in [-0.25, -0.2) is 4.98 Å². The van der Waals surface area contributed by atoms with Crippen molar-refractivity contribution < 1.29 is 18.7 Å². The fraction of sp³-hybridized carbons (Fsp3) is 0.211. The molecule has 0 aliphatic heterocycles. The van der Waals surface area contributed by atoms with Crippen LogP contribution in [0.1, 0.15) is 29.1 Å². The van der Waals surface area contributed by atoms with E-state index < -0.39 is 0 Å². The van der Waals surface area contributed by atoms with Gasteiger partial charge in [0.2, 0.25) is 5.89 Å². The molecule has 6 nitrogen and oxygen atoms in total. The van der Waals surface area contributed by atoms with Gasteiger partial charge in [0.25, 0.3) is 5.91 Å². The lowest BCUT2D eigenvalue weighted by atomic mass is 10.2. The molecule has 134 valence electrons. The van der Waals surface area contributed by atoms with Gasteiger partial charge in [-0.3, -0.25) is 9.59 Å². The maximum Gasteiger partial charge on any atom is 0.306 e. The molecule has 2 aromatic carbocycles. The molecule has 0 spiro atoms. The van der Waals surface area contributed by atoms with Crippen molar-refractivity contribution in [2.75, 3.05) is 6.54 Å². The topological polar surface area (TPSA) is 81.4 Å². The molecule has 1 aromatic heterocycles. The van der Waals surface area contributed by atoms with Crippen molar-refractivity contribution in [2.24, 2.45) is 0 Å². The van der Waals surface area contributed by atoms with Crippen molar-refractivity contribution in [3.8, 4) is 0 Å². The molecule has 0 radical (unpaired) electrons. The summed E-state index contributed by atoms with van der Waals surface area (Å²) in [7, 11) is 0. The molecule has 7 heteroatoms. The van der Waals surface area contributed by atoms with Crippen LogP contribution in [0.4, 0.5) is 0 Å². The molecular formula is C19H17ClN2O4. The number of oxazole rings is 1. The zero-order valence-corrected chi connectivity index (χ0v) is 14.7. The van der Waals surface area contributed by atoms with Gasteiger partial charge in [-0.15, -0.1) is 0 Å². The number of fused-ring (bicyclic) bond motifs is 1. The molecule has 1 amide bonds. The van der Waals surface area contributed by atoms with E-state index in [0.29, 0.717) is 35.0 Å². The summed E-state index contributed by atoms with van der Waals surface area (Å²) in [5.41, 5.74) is 1.90. The fourth-order valence-electron chi connectivity index (χ4n) is 2.33. The Kier molecular flexibility index (Phi) is 5.86. The Balaban J connectivity index is 1.36. The Morgan fingerprint density at radius 3 is 2.65 bits per heavy atom. The zero-order valence-electron chi connectivity index (χ0n) is 13.9. The van der Waals surface area contributed by atoms with Crippen molar-refractivity contribution in [1.29, 1.82) is 0 Å². The summed E-state index contributed by atoms with van der Waals surface area (Å²) in [6.45, 7) is 0.365. The average molecular weight is 373 g/mol. The van der Waals surface area contributed by atoms with E-state index in [4.69, 9.17) is 20.8 Å². The van der Waals surface area contributed by atoms with Gasteiger partial charge in [-0.2, -0.15) is 0 Å². The number of carbonyl (C=O) groups excluding carboxylic acids is 2. The first-order valence-electron chi connectivity index (χ1n) is 8.15. The summed E-state index contributed by atoms with van der Waals surface area (Å²) in [6.07, 6.45) is 0.673. The van der Waals surface area contributed by atoms with Gasteiger partial charge in [0.1, 0.15) is 5.52 Å². The second-order valence-corrected chi connectivity index (χ2v) is 6.04. The summed E-state index contributed by atoms with van der Waals surface area (Å²) >= 11 is 5.78. The van der Waals surface area contributed by atoms with Gasteiger partial charge >= 0.3 is 5.97 Å². The third-order valence-corrected chi connectivity index (χ3v) is 3.90. The van der Waals surface area contributed by atoms with Crippen LogP contribution in [0.15, 0.2) is 52.9 Å². The van der Waals surface area contributed by atoms with Crippen molar-refractivity contribution in [1.82, 2.24) is 10.3 Å². The Bertz CT molecular complexity index is 872. The van der Waals surface area contributed by atoms with Crippen LogP contribution in [0.2, 0.25) is 5.02 Å². The second-order valence-electron chi connectivity index (χ2n) is 5.60. The molecule has 3 rings (SSSR count). The standard InChI is InChI=1S/C19H17ClN2O4/c20-14-9-7-13(8-10-14)19(24)21-11-3-6-18(23)25-12-17-22-15-4-1-2-5-16(15)26-17/h1-2,4-5,7-10H,3,6,11-12H2,(H,21,24). The van der Waals surface area contributed by atoms with Gasteiger partial charge in [0.15, 0.2) is 12.2 Å². The van der Waals surface area contributed by atoms with Crippen LogP contribution < -0.4 is 5.32 Å². The lowest BCUT2D eigenvalue weighted by molar-refractivity contribution is -0.145. The highest BCUT2D eigenvalue weighted by atomic mass is 35.5. The van der Waals surface area contributed by atoms with Crippen LogP contribution >= 0.6 is 11.6 Å². The summed E-state index contributed by atoms with van der Waals surface area (Å²) in [5, 5.41) is 3.32. The normalized spacial score (nSPS) is 10.7. The van der Waals surface area contributed by atoms with E-state index >= 15 is 0 Å². The Morgan fingerprint density at radius 2 is 1.88 bits per heavy atom. The molecule has 0 fully saturated rings. The number of esters is 1. The van der Waals surface area contributed by atoms with Crippen molar-refractivity contribution >= 4 is 34.6 Å². The predicted octanol–water partition coefficient (Wildman–Crippen LogP) is 3.73. The van der Waals surface area contributed by atoms with Crippen LogP contribution in [0.5, 0.6) is 0 Å². The quantitative estimate of drug-likeness (QED) is 0.504. The lowest BCUT2D eigenvalue weighted by Crippen LogP contribution is -2.24. The van der Waals surface area contributed by atoms with E-state index in [1.807, 2.05) is 18.2 Å². The lowest BCUT2D eigenvalue weighted by Gasteiger charge is -2.05. The highest BCUT2D eigenvalue weighted by Gasteiger charge is 2.09. The minimum Gasteiger partial charge on any atom is -0.456 e. The number of nitrogens with zero attached hydrogens (tertiary/aromatic N) is 1. The second kappa shape index (κ2) is 8.49. The van der Waals surface area contributed by atoms with E-state index in [-0.39, 0.29) is 24.9 Å². The maximum atomic E-state index is 11.9. The molecule has 0 unspecified atom stereocenters. The molecule has 0 saturated carbocycles. The molecule has 26 heavy (non-hydrogen) atoms. The number of nitrogens with one attached hydrogen (secondary N) is 1. The monoisotopic (exact) mass is 372 g/mol. The molecular weight excluding hydrogens is 356 g/mol. The van der Waals surface area contributed by atoms with Crippen molar-refractivity contribution in [3.63, 3.8) is 0 Å². The molecule has 3 aromatic rings. The van der Waals surface area contributed by atoms with Crippen LogP contribution in [0.3, 0.4) is 0 Å². The highest BCUT2D eigenvalue weighted by molar-refractivity contribution is 6.30. The highest BCUT2D eigenvalue weighted by Crippen LogP contribution is 2.15. The zero-order chi connectivity index (χ0) is 18.4. The van der Waals surface area contributed by atoms with Crippen LogP contribution in [0, 0.1) is 0 Å². The molecule has 0 bridgehead atoms. The molecule has 1 heterocycles. The number of hydrogen-bond donors (Lipinski definition) is 1. The number of amides is 1. The van der Waals surface area contributed by atoms with E-state index in [9.17, 15) is 9.59 Å². The molecule has 0 aliphatic carbocycles. The van der Waals surface area contributed by atoms with Gasteiger partial charge < -0.3 is 14.5 Å². The number of halogens is 1. The van der Waals surface area contributed by atoms with E-state index in [1.165, 1.54) is 0 Å². The summed E-state index contributed by atoms with van der Waals surface area (Å²) in [4.78, 5) is 27.9. The van der Waals surface area contributed by atoms with Crippen LogP contribution in [-0.2, 0) is 16.1 Å². The van der Waals surface area contributed by atoms with Gasteiger partial charge in [-0.05, 0) is 42.8 Å². The summed E-state index contributed by atoms with van der Waals surface area (Å²) in [6, 6.07) is 13.9. The first-order valence-corrected chi connectivity index (χ1v) is 8.53. The average Bonchev–Trinajstić information content (AvgIpc) is 3.07. The molecule has 1 N–H and O–H groups in total. The molecule has 0 saturated heterocycles. The van der Waals surface area contributed by atoms with Crippen molar-refractivity contribution in [3.05, 3.63) is 65.0 Å². The number of hydrogen-bond acceptors (Lipinski definition) is 5. The maximum absolute atomic E-state index is 11.9. The Morgan fingerprint density at radius 1 is 1.12 bits per heavy atom. The van der Waals surface area contributed by atoms with E-state index in [1.54, 1.807) is 30.3 Å². The smallest absolute Gasteiger partial charge is 0.306 e. The van der Waals surface area contributed by atoms with E-state index in [2.05, 4.69) is 10.3 Å². The summed E-state index contributed by atoms with van der Waals surface area (Å²) < 4.78 is 10.6. The van der Waals surface area contributed by atoms with E-state index in [0.717, 1.165) is 5.52 Å². The SMILES string of the molecule is O=C(CCCNC(=O)c1ccc(Cl)cc1)OCc1nc2ccccc2o1. The number of rotatable bonds is 7. The number of benzene rings is 2. The van der Waals surface area contributed by atoms with Crippen LogP contribution in [0.25, 0.3) is 11.1 Å². The third-order valence-electron chi connectivity index (χ3n) is 3.64. The first-order chi connectivity index (χ1) is 12.6. The number of aromatic nitrogens is 1. The minimum atomic E-state index is -0.368. The van der Waals surface area contributed by atoms with Gasteiger partial charge in [0.05, 0.1) is 0 Å². The fourth-order valence-corrected chi connectivity index (χ4v) is 2.46. The summed E-state index contributed by atoms with van der Waals surface area (Å²) in [5.74, 6) is -0.218. The first kappa shape index (κ1) is 17.9. The Hall–Kier alpha value is -2.86. The number of carbonyl (C=O) groups is 2. The molecule has 0 aliphatic rings. The van der Waals surface area contributed by atoms with Gasteiger partial charge in [0, 0.05) is 23.6 Å². The number of ether oxygens (including phenoxy) is 1. The minimum absolute atomic E-state index is 0.00928. The number of para-hydroxylation sites is 2.